The lowest BCUT2D eigenvalue weighted by Gasteiger charge is -2.26. The molecule has 0 radical (unpaired) electrons. The van der Waals surface area contributed by atoms with Gasteiger partial charge in [0.2, 0.25) is 0 Å². The second kappa shape index (κ2) is 4.10. The molecular weight excluding hydrogens is 134 g/mol. The van der Waals surface area contributed by atoms with Gasteiger partial charge in [0.05, 0.1) is 0 Å². The van der Waals surface area contributed by atoms with Crippen LogP contribution in [0.3, 0.4) is 0 Å². The molecule has 1 heteroatoms. The van der Waals surface area contributed by atoms with Crippen molar-refractivity contribution >= 4 is 0 Å². The molecule has 1 aliphatic rings. The molecule has 0 aromatic rings. The van der Waals surface area contributed by atoms with Gasteiger partial charge in [0.1, 0.15) is 0 Å². The first-order valence-electron chi connectivity index (χ1n) is 4.73. The highest BCUT2D eigenvalue weighted by Gasteiger charge is 2.32. The summed E-state index contributed by atoms with van der Waals surface area (Å²) in [7, 11) is 2.21. The van der Waals surface area contributed by atoms with Crippen molar-refractivity contribution in [1.82, 2.24) is 4.90 Å². The lowest BCUT2D eigenvalue weighted by atomic mass is 9.98. The topological polar surface area (TPSA) is 3.24 Å². The summed E-state index contributed by atoms with van der Waals surface area (Å²) in [5.41, 5.74) is 0.458. The van der Waals surface area contributed by atoms with Crippen LogP contribution in [0.25, 0.3) is 0 Å². The molecule has 68 valence electrons. The normalized spacial score (nSPS) is 29.5. The van der Waals surface area contributed by atoms with E-state index in [-0.39, 0.29) is 0 Å². The Balaban J connectivity index is 0.000000461. The van der Waals surface area contributed by atoms with E-state index >= 15 is 0 Å². The fraction of sp³-hybridized carbons (Fsp3) is 1.00. The van der Waals surface area contributed by atoms with Gasteiger partial charge in [-0.25, -0.2) is 0 Å². The maximum absolute atomic E-state index is 2.44. The lowest BCUT2D eigenvalue weighted by molar-refractivity contribution is 0.218. The maximum atomic E-state index is 2.44. The van der Waals surface area contributed by atoms with E-state index < -0.39 is 0 Å². The Morgan fingerprint density at radius 1 is 1.27 bits per heavy atom. The lowest BCUT2D eigenvalue weighted by Crippen LogP contribution is -2.34. The molecule has 1 nitrogen and oxygen atoms in total. The number of hydrogen-bond donors (Lipinski definition) is 0. The summed E-state index contributed by atoms with van der Waals surface area (Å²) >= 11 is 0. The van der Waals surface area contributed by atoms with Crippen LogP contribution in [0.5, 0.6) is 0 Å². The van der Waals surface area contributed by atoms with E-state index in [9.17, 15) is 0 Å². The number of hydrogen-bond acceptors (Lipinski definition) is 1. The average molecular weight is 157 g/mol. The summed E-state index contributed by atoms with van der Waals surface area (Å²) in [6.45, 7) is 12.2. The van der Waals surface area contributed by atoms with Crippen LogP contribution in [-0.4, -0.2) is 24.0 Å². The van der Waals surface area contributed by atoms with E-state index in [4.69, 9.17) is 0 Å². The molecule has 1 rings (SSSR count). The zero-order valence-electron chi connectivity index (χ0n) is 8.94. The molecule has 0 aliphatic carbocycles. The summed E-state index contributed by atoms with van der Waals surface area (Å²) in [5, 5.41) is 0. The van der Waals surface area contributed by atoms with Gasteiger partial charge >= 0.3 is 0 Å². The number of rotatable bonds is 0. The molecule has 0 saturated carbocycles. The number of nitrogens with zero attached hydrogens (tertiary/aromatic N) is 1. The average Bonchev–Trinajstić information content (AvgIpc) is 2.10. The summed E-state index contributed by atoms with van der Waals surface area (Å²) in [4.78, 5) is 2.44. The molecule has 0 aromatic heterocycles. The largest absolute Gasteiger partial charge is 0.301 e. The van der Waals surface area contributed by atoms with Gasteiger partial charge in [0.15, 0.2) is 0 Å². The highest BCUT2D eigenvalue weighted by molar-refractivity contribution is 4.88. The van der Waals surface area contributed by atoms with Gasteiger partial charge in [-0.1, -0.05) is 20.8 Å². The first-order chi connectivity index (χ1) is 5.02. The van der Waals surface area contributed by atoms with Gasteiger partial charge < -0.3 is 4.90 Å². The SMILES string of the molecule is CC.CC1CN(C)C(C)(C)C1. The van der Waals surface area contributed by atoms with E-state index in [0.29, 0.717) is 5.54 Å². The molecule has 11 heavy (non-hydrogen) atoms. The maximum Gasteiger partial charge on any atom is 0.0153 e. The van der Waals surface area contributed by atoms with Crippen molar-refractivity contribution in [3.8, 4) is 0 Å². The van der Waals surface area contributed by atoms with Crippen LogP contribution in [0.2, 0.25) is 0 Å². The van der Waals surface area contributed by atoms with Gasteiger partial charge in [0, 0.05) is 12.1 Å². The molecule has 0 bridgehead atoms. The first-order valence-corrected chi connectivity index (χ1v) is 4.73. The minimum absolute atomic E-state index is 0.458. The van der Waals surface area contributed by atoms with Gasteiger partial charge in [-0.15, -0.1) is 0 Å². The second-order valence-corrected chi connectivity index (χ2v) is 4.00. The van der Waals surface area contributed by atoms with E-state index in [1.165, 1.54) is 13.0 Å². The fourth-order valence-corrected chi connectivity index (χ4v) is 1.79. The van der Waals surface area contributed by atoms with Crippen molar-refractivity contribution in [3.63, 3.8) is 0 Å². The molecule has 1 aliphatic heterocycles. The molecule has 1 unspecified atom stereocenters. The van der Waals surface area contributed by atoms with Crippen LogP contribution in [0.1, 0.15) is 41.0 Å². The zero-order valence-corrected chi connectivity index (χ0v) is 8.94. The van der Waals surface area contributed by atoms with Crippen LogP contribution in [0.4, 0.5) is 0 Å². The Kier molecular flexibility index (Phi) is 4.09. The van der Waals surface area contributed by atoms with Crippen molar-refractivity contribution in [1.29, 1.82) is 0 Å². The molecule has 1 atom stereocenters. The Hall–Kier alpha value is -0.0400. The van der Waals surface area contributed by atoms with Gasteiger partial charge in [-0.05, 0) is 33.2 Å². The molecule has 1 heterocycles. The fourth-order valence-electron chi connectivity index (χ4n) is 1.79. The molecule has 0 spiro atoms. The van der Waals surface area contributed by atoms with Crippen LogP contribution >= 0.6 is 0 Å². The highest BCUT2D eigenvalue weighted by atomic mass is 15.2. The van der Waals surface area contributed by atoms with Crippen molar-refractivity contribution in [2.24, 2.45) is 5.92 Å². The van der Waals surface area contributed by atoms with Crippen molar-refractivity contribution < 1.29 is 0 Å². The monoisotopic (exact) mass is 157 g/mol. The van der Waals surface area contributed by atoms with E-state index in [2.05, 4.69) is 32.7 Å². The summed E-state index contributed by atoms with van der Waals surface area (Å²) in [5.74, 6) is 0.894. The smallest absolute Gasteiger partial charge is 0.0153 e. The van der Waals surface area contributed by atoms with Crippen LogP contribution in [0.15, 0.2) is 0 Å². The van der Waals surface area contributed by atoms with Crippen LogP contribution < -0.4 is 0 Å². The molecular formula is C10H23N. The minimum atomic E-state index is 0.458. The molecule has 1 fully saturated rings. The summed E-state index contributed by atoms with van der Waals surface area (Å²) in [6.07, 6.45) is 1.35. The van der Waals surface area contributed by atoms with Crippen molar-refractivity contribution in [2.45, 2.75) is 46.6 Å². The van der Waals surface area contributed by atoms with E-state index in [0.717, 1.165) is 5.92 Å². The Morgan fingerprint density at radius 3 is 1.82 bits per heavy atom. The molecule has 0 N–H and O–H groups in total. The van der Waals surface area contributed by atoms with E-state index in [1.807, 2.05) is 13.8 Å². The Labute approximate surface area is 71.8 Å². The third-order valence-corrected chi connectivity index (χ3v) is 2.47. The predicted molar refractivity (Wildman–Crippen MR) is 51.8 cm³/mol. The highest BCUT2D eigenvalue weighted by Crippen LogP contribution is 2.30. The Bertz CT molecular complexity index is 107. The second-order valence-electron chi connectivity index (χ2n) is 4.00. The van der Waals surface area contributed by atoms with Crippen molar-refractivity contribution in [3.05, 3.63) is 0 Å². The quantitative estimate of drug-likeness (QED) is 0.522. The summed E-state index contributed by atoms with van der Waals surface area (Å²) < 4.78 is 0. The third-order valence-electron chi connectivity index (χ3n) is 2.47. The van der Waals surface area contributed by atoms with Crippen molar-refractivity contribution in [2.75, 3.05) is 13.6 Å². The molecule has 0 aromatic carbocycles. The number of likely N-dealkylation sites (tertiary alicyclic amines) is 1. The van der Waals surface area contributed by atoms with Gasteiger partial charge in [0.25, 0.3) is 0 Å². The first kappa shape index (κ1) is 11.0. The van der Waals surface area contributed by atoms with Crippen LogP contribution in [0, 0.1) is 5.92 Å². The van der Waals surface area contributed by atoms with Gasteiger partial charge in [-0.2, -0.15) is 0 Å². The van der Waals surface area contributed by atoms with Gasteiger partial charge in [-0.3, -0.25) is 0 Å². The third kappa shape index (κ3) is 2.82. The Morgan fingerprint density at radius 2 is 1.73 bits per heavy atom. The van der Waals surface area contributed by atoms with Crippen LogP contribution in [-0.2, 0) is 0 Å². The molecule has 0 amide bonds. The summed E-state index contributed by atoms with van der Waals surface area (Å²) in [6, 6.07) is 0. The standard InChI is InChI=1S/C8H17N.C2H6/c1-7-5-8(2,3)9(4)6-7;1-2/h7H,5-6H2,1-4H3;1-2H3. The molecule has 1 saturated heterocycles. The zero-order chi connectivity index (χ0) is 9.07. The minimum Gasteiger partial charge on any atom is -0.301 e. The van der Waals surface area contributed by atoms with E-state index in [1.54, 1.807) is 0 Å². The predicted octanol–water partition coefficient (Wildman–Crippen LogP) is 2.76.